The monoisotopic (exact) mass is 268 g/mol. The molecule has 102 valence electrons. The number of benzene rings is 2. The third kappa shape index (κ3) is 3.26. The zero-order valence-corrected chi connectivity index (χ0v) is 11.5. The number of hydrogen-bond donors (Lipinski definition) is 1. The first-order valence-corrected chi connectivity index (χ1v) is 6.26. The Kier molecular flexibility index (Phi) is 4.20. The Morgan fingerprint density at radius 1 is 1.15 bits per heavy atom. The fraction of sp³-hybridized carbons (Fsp3) is 0.118. The van der Waals surface area contributed by atoms with Crippen molar-refractivity contribution < 1.29 is 14.6 Å². The smallest absolute Gasteiger partial charge is 0.337 e. The van der Waals surface area contributed by atoms with E-state index in [1.807, 2.05) is 37.3 Å². The van der Waals surface area contributed by atoms with Crippen LogP contribution in [0.3, 0.4) is 0 Å². The number of carbonyl (C=O) groups excluding carboxylic acids is 1. The van der Waals surface area contributed by atoms with E-state index in [4.69, 9.17) is 4.74 Å². The van der Waals surface area contributed by atoms with E-state index in [9.17, 15) is 9.90 Å². The maximum atomic E-state index is 11.5. The van der Waals surface area contributed by atoms with E-state index in [1.165, 1.54) is 7.11 Å². The first-order valence-electron chi connectivity index (χ1n) is 6.26. The summed E-state index contributed by atoms with van der Waals surface area (Å²) in [5, 5.41) is 9.37. The average molecular weight is 268 g/mol. The molecular weight excluding hydrogens is 252 g/mol. The van der Waals surface area contributed by atoms with Crippen LogP contribution in [0.1, 0.15) is 27.0 Å². The lowest BCUT2D eigenvalue weighted by Crippen LogP contribution is -2.00. The third-order valence-electron chi connectivity index (χ3n) is 3.02. The van der Waals surface area contributed by atoms with Crippen LogP contribution in [0.2, 0.25) is 0 Å². The molecular formula is C17H16O3. The number of methoxy groups -OCH3 is 1. The van der Waals surface area contributed by atoms with E-state index >= 15 is 0 Å². The Morgan fingerprint density at radius 2 is 1.95 bits per heavy atom. The van der Waals surface area contributed by atoms with Gasteiger partial charge in [0.1, 0.15) is 5.75 Å². The lowest BCUT2D eigenvalue weighted by atomic mass is 10.1. The molecule has 20 heavy (non-hydrogen) atoms. The standard InChI is InChI=1S/C17H16O3/c1-12-10-16(18)9-8-14(12)7-6-13-4-3-5-15(11-13)17(19)20-2/h3-11,18H,1-2H3/b7-6+. The van der Waals surface area contributed by atoms with Gasteiger partial charge in [-0.1, -0.05) is 30.4 Å². The van der Waals surface area contributed by atoms with Gasteiger partial charge in [0.05, 0.1) is 12.7 Å². The van der Waals surface area contributed by atoms with E-state index in [-0.39, 0.29) is 11.7 Å². The number of carbonyl (C=O) groups is 1. The van der Waals surface area contributed by atoms with Crippen molar-refractivity contribution in [2.75, 3.05) is 7.11 Å². The molecule has 0 aromatic heterocycles. The summed E-state index contributed by atoms with van der Waals surface area (Å²) in [7, 11) is 1.37. The van der Waals surface area contributed by atoms with Crippen LogP contribution >= 0.6 is 0 Å². The third-order valence-corrected chi connectivity index (χ3v) is 3.02. The molecule has 3 heteroatoms. The van der Waals surface area contributed by atoms with Crippen LogP contribution in [0.15, 0.2) is 42.5 Å². The molecule has 0 saturated heterocycles. The first-order chi connectivity index (χ1) is 9.60. The Hall–Kier alpha value is -2.55. The summed E-state index contributed by atoms with van der Waals surface area (Å²) < 4.78 is 4.70. The van der Waals surface area contributed by atoms with Gasteiger partial charge in [0.2, 0.25) is 0 Å². The summed E-state index contributed by atoms with van der Waals surface area (Å²) in [5.41, 5.74) is 3.45. The van der Waals surface area contributed by atoms with E-state index in [1.54, 1.807) is 24.3 Å². The Labute approximate surface area is 118 Å². The molecule has 0 saturated carbocycles. The van der Waals surface area contributed by atoms with Gasteiger partial charge in [-0.15, -0.1) is 0 Å². The van der Waals surface area contributed by atoms with Crippen molar-refractivity contribution >= 4 is 18.1 Å². The fourth-order valence-electron chi connectivity index (χ4n) is 1.92. The Morgan fingerprint density at radius 3 is 2.65 bits per heavy atom. The van der Waals surface area contributed by atoms with Crippen LogP contribution < -0.4 is 0 Å². The lowest BCUT2D eigenvalue weighted by molar-refractivity contribution is 0.0600. The van der Waals surface area contributed by atoms with Gasteiger partial charge in [-0.3, -0.25) is 0 Å². The Balaban J connectivity index is 2.25. The van der Waals surface area contributed by atoms with Gasteiger partial charge < -0.3 is 9.84 Å². The summed E-state index contributed by atoms with van der Waals surface area (Å²) in [6.45, 7) is 1.93. The molecule has 2 aromatic carbocycles. The highest BCUT2D eigenvalue weighted by atomic mass is 16.5. The topological polar surface area (TPSA) is 46.5 Å². The van der Waals surface area contributed by atoms with Crippen LogP contribution in [0.5, 0.6) is 5.75 Å². The predicted molar refractivity (Wildman–Crippen MR) is 79.6 cm³/mol. The van der Waals surface area contributed by atoms with Gasteiger partial charge in [0, 0.05) is 0 Å². The molecule has 0 radical (unpaired) electrons. The molecule has 1 N–H and O–H groups in total. The largest absolute Gasteiger partial charge is 0.508 e. The Bertz CT molecular complexity index is 657. The molecule has 0 unspecified atom stereocenters. The molecule has 0 atom stereocenters. The molecule has 2 rings (SSSR count). The number of esters is 1. The summed E-state index contributed by atoms with van der Waals surface area (Å²) in [6.07, 6.45) is 3.87. The van der Waals surface area contributed by atoms with Crippen molar-refractivity contribution in [3.63, 3.8) is 0 Å². The maximum Gasteiger partial charge on any atom is 0.337 e. The second kappa shape index (κ2) is 6.06. The van der Waals surface area contributed by atoms with Crippen molar-refractivity contribution in [2.45, 2.75) is 6.92 Å². The molecule has 0 spiro atoms. The van der Waals surface area contributed by atoms with Gasteiger partial charge in [-0.05, 0) is 47.9 Å². The number of phenols is 1. The molecule has 0 aliphatic carbocycles. The number of rotatable bonds is 3. The summed E-state index contributed by atoms with van der Waals surface area (Å²) in [4.78, 5) is 11.5. The predicted octanol–water partition coefficient (Wildman–Crippen LogP) is 3.66. The van der Waals surface area contributed by atoms with E-state index in [0.717, 1.165) is 16.7 Å². The van der Waals surface area contributed by atoms with Crippen LogP contribution in [0.4, 0.5) is 0 Å². The molecule has 0 bridgehead atoms. The highest BCUT2D eigenvalue weighted by molar-refractivity contribution is 5.90. The molecule has 0 aliphatic rings. The highest BCUT2D eigenvalue weighted by Gasteiger charge is 2.04. The minimum atomic E-state index is -0.346. The molecule has 0 amide bonds. The van der Waals surface area contributed by atoms with Crippen LogP contribution in [0.25, 0.3) is 12.2 Å². The van der Waals surface area contributed by atoms with Crippen molar-refractivity contribution in [1.82, 2.24) is 0 Å². The normalized spacial score (nSPS) is 10.7. The first kappa shape index (κ1) is 13.9. The van der Waals surface area contributed by atoms with E-state index in [2.05, 4.69) is 0 Å². The summed E-state index contributed by atoms with van der Waals surface area (Å²) in [6, 6.07) is 12.4. The molecule has 0 heterocycles. The summed E-state index contributed by atoms with van der Waals surface area (Å²) in [5.74, 6) is -0.0894. The zero-order chi connectivity index (χ0) is 14.5. The molecule has 0 fully saturated rings. The van der Waals surface area contributed by atoms with Gasteiger partial charge >= 0.3 is 5.97 Å². The molecule has 0 aliphatic heterocycles. The number of aryl methyl sites for hydroxylation is 1. The number of hydrogen-bond acceptors (Lipinski definition) is 3. The van der Waals surface area contributed by atoms with Crippen molar-refractivity contribution in [3.05, 3.63) is 64.7 Å². The van der Waals surface area contributed by atoms with Crippen LogP contribution in [-0.4, -0.2) is 18.2 Å². The van der Waals surface area contributed by atoms with Crippen LogP contribution in [-0.2, 0) is 4.74 Å². The second-order valence-corrected chi connectivity index (χ2v) is 4.49. The number of phenolic OH excluding ortho intramolecular Hbond substituents is 1. The van der Waals surface area contributed by atoms with Crippen molar-refractivity contribution in [1.29, 1.82) is 0 Å². The number of aromatic hydroxyl groups is 1. The zero-order valence-electron chi connectivity index (χ0n) is 11.5. The van der Waals surface area contributed by atoms with E-state index < -0.39 is 0 Å². The fourth-order valence-corrected chi connectivity index (χ4v) is 1.92. The van der Waals surface area contributed by atoms with Gasteiger partial charge in [-0.2, -0.15) is 0 Å². The van der Waals surface area contributed by atoms with Gasteiger partial charge in [0.15, 0.2) is 0 Å². The minimum Gasteiger partial charge on any atom is -0.508 e. The second-order valence-electron chi connectivity index (χ2n) is 4.49. The SMILES string of the molecule is COC(=O)c1cccc(/C=C/c2ccc(O)cc2C)c1. The highest BCUT2D eigenvalue weighted by Crippen LogP contribution is 2.18. The lowest BCUT2D eigenvalue weighted by Gasteiger charge is -2.02. The molecule has 3 nitrogen and oxygen atoms in total. The minimum absolute atomic E-state index is 0.257. The van der Waals surface area contributed by atoms with Crippen LogP contribution in [0, 0.1) is 6.92 Å². The molecule has 2 aromatic rings. The quantitative estimate of drug-likeness (QED) is 0.682. The number of ether oxygens (including phenoxy) is 1. The van der Waals surface area contributed by atoms with E-state index in [0.29, 0.717) is 5.56 Å². The maximum absolute atomic E-state index is 11.5. The van der Waals surface area contributed by atoms with Crippen molar-refractivity contribution in [3.8, 4) is 5.75 Å². The summed E-state index contributed by atoms with van der Waals surface area (Å²) >= 11 is 0. The van der Waals surface area contributed by atoms with Gasteiger partial charge in [0.25, 0.3) is 0 Å². The average Bonchev–Trinajstić information content (AvgIpc) is 2.46. The van der Waals surface area contributed by atoms with Gasteiger partial charge in [-0.25, -0.2) is 4.79 Å². The van der Waals surface area contributed by atoms with Crippen molar-refractivity contribution in [2.24, 2.45) is 0 Å².